The van der Waals surface area contributed by atoms with E-state index in [4.69, 9.17) is 22.1 Å². The molecule has 0 radical (unpaired) electrons. The lowest BCUT2D eigenvalue weighted by Gasteiger charge is -2.17. The summed E-state index contributed by atoms with van der Waals surface area (Å²) in [5.41, 5.74) is 6.73. The second kappa shape index (κ2) is 6.45. The molecule has 2 aromatic rings. The van der Waals surface area contributed by atoms with Crippen molar-refractivity contribution in [2.45, 2.75) is 6.54 Å². The van der Waals surface area contributed by atoms with Gasteiger partial charge in [0.05, 0.1) is 12.1 Å². The van der Waals surface area contributed by atoms with Gasteiger partial charge in [-0.2, -0.15) is 0 Å². The predicted octanol–water partition coefficient (Wildman–Crippen LogP) is 2.60. The van der Waals surface area contributed by atoms with Crippen LogP contribution in [0.4, 0.5) is 5.82 Å². The highest BCUT2D eigenvalue weighted by Crippen LogP contribution is 2.18. The van der Waals surface area contributed by atoms with Gasteiger partial charge in [0.1, 0.15) is 17.3 Å². The molecule has 110 valence electrons. The standard InChI is InChI=1S/C15H16ClN3O2/c1-19(9-10-3-5-11(21-2)6-4-10)15(20)14-12(16)7-8-13(17)18-14/h3-8H,9H2,1-2H3,(H2,17,18). The molecule has 0 unspecified atom stereocenters. The Hall–Kier alpha value is -2.27. The van der Waals surface area contributed by atoms with Crippen LogP contribution >= 0.6 is 11.6 Å². The van der Waals surface area contributed by atoms with Crippen molar-refractivity contribution in [1.29, 1.82) is 0 Å². The first-order valence-corrected chi connectivity index (χ1v) is 6.69. The summed E-state index contributed by atoms with van der Waals surface area (Å²) in [6.45, 7) is 0.440. The highest BCUT2D eigenvalue weighted by molar-refractivity contribution is 6.33. The maximum Gasteiger partial charge on any atom is 0.274 e. The maximum atomic E-state index is 12.3. The zero-order valence-electron chi connectivity index (χ0n) is 11.8. The van der Waals surface area contributed by atoms with Crippen molar-refractivity contribution >= 4 is 23.3 Å². The number of hydrogen-bond acceptors (Lipinski definition) is 4. The van der Waals surface area contributed by atoms with E-state index < -0.39 is 0 Å². The smallest absolute Gasteiger partial charge is 0.274 e. The van der Waals surface area contributed by atoms with Gasteiger partial charge in [-0.3, -0.25) is 4.79 Å². The highest BCUT2D eigenvalue weighted by Gasteiger charge is 2.17. The minimum absolute atomic E-state index is 0.160. The number of nitrogen functional groups attached to an aromatic ring is 1. The molecule has 0 saturated heterocycles. The fourth-order valence-electron chi connectivity index (χ4n) is 1.86. The van der Waals surface area contributed by atoms with Gasteiger partial charge in [0.15, 0.2) is 0 Å². The minimum atomic E-state index is -0.275. The molecule has 0 bridgehead atoms. The number of methoxy groups -OCH3 is 1. The lowest BCUT2D eigenvalue weighted by Crippen LogP contribution is -2.27. The number of ether oxygens (including phenoxy) is 1. The molecule has 0 aliphatic rings. The lowest BCUT2D eigenvalue weighted by molar-refractivity contribution is 0.0779. The number of hydrogen-bond donors (Lipinski definition) is 1. The van der Waals surface area contributed by atoms with Crippen LogP contribution < -0.4 is 10.5 Å². The van der Waals surface area contributed by atoms with Crippen molar-refractivity contribution in [2.75, 3.05) is 19.9 Å². The molecular weight excluding hydrogens is 290 g/mol. The van der Waals surface area contributed by atoms with E-state index in [9.17, 15) is 4.79 Å². The van der Waals surface area contributed by atoms with Crippen LogP contribution in [0.3, 0.4) is 0 Å². The lowest BCUT2D eigenvalue weighted by atomic mass is 10.2. The monoisotopic (exact) mass is 305 g/mol. The van der Waals surface area contributed by atoms with Gasteiger partial charge >= 0.3 is 0 Å². The molecule has 6 heteroatoms. The number of carbonyl (C=O) groups excluding carboxylic acids is 1. The van der Waals surface area contributed by atoms with E-state index in [1.807, 2.05) is 24.3 Å². The summed E-state index contributed by atoms with van der Waals surface area (Å²) in [5.74, 6) is 0.761. The van der Waals surface area contributed by atoms with Gasteiger partial charge in [-0.25, -0.2) is 4.98 Å². The van der Waals surface area contributed by atoms with Crippen LogP contribution in [0.15, 0.2) is 36.4 Å². The quantitative estimate of drug-likeness (QED) is 0.942. The number of nitrogens with two attached hydrogens (primary N) is 1. The summed E-state index contributed by atoms with van der Waals surface area (Å²) in [6, 6.07) is 10.6. The van der Waals surface area contributed by atoms with E-state index in [-0.39, 0.29) is 22.4 Å². The van der Waals surface area contributed by atoms with Gasteiger partial charge in [0.2, 0.25) is 0 Å². The second-order valence-electron chi connectivity index (χ2n) is 4.58. The number of benzene rings is 1. The Labute approximate surface area is 128 Å². The Kier molecular flexibility index (Phi) is 4.65. The Balaban J connectivity index is 2.13. The van der Waals surface area contributed by atoms with Gasteiger partial charge in [-0.05, 0) is 29.8 Å². The Morgan fingerprint density at radius 3 is 2.57 bits per heavy atom. The molecule has 2 rings (SSSR count). The van der Waals surface area contributed by atoms with Crippen LogP contribution in [0, 0.1) is 0 Å². The molecule has 1 aromatic heterocycles. The molecule has 1 aromatic carbocycles. The minimum Gasteiger partial charge on any atom is -0.497 e. The molecule has 2 N–H and O–H groups in total. The molecular formula is C15H16ClN3O2. The van der Waals surface area contributed by atoms with E-state index in [2.05, 4.69) is 4.98 Å². The fraction of sp³-hybridized carbons (Fsp3) is 0.200. The largest absolute Gasteiger partial charge is 0.497 e. The number of pyridine rings is 1. The average Bonchev–Trinajstić information content (AvgIpc) is 2.49. The number of aromatic nitrogens is 1. The van der Waals surface area contributed by atoms with Gasteiger partial charge < -0.3 is 15.4 Å². The SMILES string of the molecule is COc1ccc(CN(C)C(=O)c2nc(N)ccc2Cl)cc1. The van der Waals surface area contributed by atoms with E-state index in [1.165, 1.54) is 4.90 Å². The summed E-state index contributed by atoms with van der Waals surface area (Å²) >= 11 is 6.00. The van der Waals surface area contributed by atoms with E-state index in [0.717, 1.165) is 11.3 Å². The molecule has 0 fully saturated rings. The third-order valence-corrected chi connectivity index (χ3v) is 3.30. The molecule has 1 heterocycles. The van der Waals surface area contributed by atoms with Crippen molar-refractivity contribution in [3.63, 3.8) is 0 Å². The number of halogens is 1. The van der Waals surface area contributed by atoms with E-state index >= 15 is 0 Å². The number of anilines is 1. The summed E-state index contributed by atoms with van der Waals surface area (Å²) in [5, 5.41) is 0.288. The van der Waals surface area contributed by atoms with Gasteiger partial charge in [-0.1, -0.05) is 23.7 Å². The van der Waals surface area contributed by atoms with Crippen molar-refractivity contribution in [3.05, 3.63) is 52.7 Å². The topological polar surface area (TPSA) is 68.5 Å². The van der Waals surface area contributed by atoms with Crippen molar-refractivity contribution < 1.29 is 9.53 Å². The molecule has 0 spiro atoms. The second-order valence-corrected chi connectivity index (χ2v) is 4.98. The molecule has 1 amide bonds. The average molecular weight is 306 g/mol. The molecule has 21 heavy (non-hydrogen) atoms. The summed E-state index contributed by atoms with van der Waals surface area (Å²) in [4.78, 5) is 17.9. The Morgan fingerprint density at radius 2 is 1.95 bits per heavy atom. The van der Waals surface area contributed by atoms with Gasteiger partial charge in [0, 0.05) is 13.6 Å². The third kappa shape index (κ3) is 3.64. The van der Waals surface area contributed by atoms with Crippen LogP contribution in [0.5, 0.6) is 5.75 Å². The van der Waals surface area contributed by atoms with E-state index in [0.29, 0.717) is 6.54 Å². The molecule has 0 atom stereocenters. The Bertz CT molecular complexity index is 644. The summed E-state index contributed by atoms with van der Waals surface area (Å²) in [7, 11) is 3.30. The van der Waals surface area contributed by atoms with Crippen LogP contribution in [0.1, 0.15) is 16.1 Å². The van der Waals surface area contributed by atoms with Crippen LogP contribution in [-0.4, -0.2) is 29.9 Å². The third-order valence-electron chi connectivity index (χ3n) is 3.00. The first-order chi connectivity index (χ1) is 10.0. The van der Waals surface area contributed by atoms with E-state index in [1.54, 1.807) is 26.3 Å². The molecule has 0 saturated carbocycles. The number of rotatable bonds is 4. The van der Waals surface area contributed by atoms with Crippen molar-refractivity contribution in [1.82, 2.24) is 9.88 Å². The molecule has 5 nitrogen and oxygen atoms in total. The van der Waals surface area contributed by atoms with Crippen LogP contribution in [0.2, 0.25) is 5.02 Å². The van der Waals surface area contributed by atoms with Crippen LogP contribution in [0.25, 0.3) is 0 Å². The number of nitrogens with zero attached hydrogens (tertiary/aromatic N) is 2. The molecule has 0 aliphatic heterocycles. The maximum absolute atomic E-state index is 12.3. The summed E-state index contributed by atoms with van der Waals surface area (Å²) < 4.78 is 5.10. The van der Waals surface area contributed by atoms with Crippen molar-refractivity contribution in [2.24, 2.45) is 0 Å². The zero-order chi connectivity index (χ0) is 15.4. The Morgan fingerprint density at radius 1 is 1.29 bits per heavy atom. The first kappa shape index (κ1) is 15.1. The summed E-state index contributed by atoms with van der Waals surface area (Å²) in [6.07, 6.45) is 0. The van der Waals surface area contributed by atoms with Crippen LogP contribution in [-0.2, 0) is 6.54 Å². The fourth-order valence-corrected chi connectivity index (χ4v) is 2.05. The van der Waals surface area contributed by atoms with Gasteiger partial charge in [0.25, 0.3) is 5.91 Å². The van der Waals surface area contributed by atoms with Crippen molar-refractivity contribution in [3.8, 4) is 5.75 Å². The first-order valence-electron chi connectivity index (χ1n) is 6.31. The van der Waals surface area contributed by atoms with Gasteiger partial charge in [-0.15, -0.1) is 0 Å². The number of carbonyl (C=O) groups is 1. The normalized spacial score (nSPS) is 10.2. The zero-order valence-corrected chi connectivity index (χ0v) is 12.6. The number of amides is 1. The molecule has 0 aliphatic carbocycles. The highest BCUT2D eigenvalue weighted by atomic mass is 35.5. The predicted molar refractivity (Wildman–Crippen MR) is 82.5 cm³/mol.